The molecule has 0 spiro atoms. The summed E-state index contributed by atoms with van der Waals surface area (Å²) in [7, 11) is 0. The van der Waals surface area contributed by atoms with E-state index in [2.05, 4.69) is 51.4 Å². The fourth-order valence-corrected chi connectivity index (χ4v) is 5.89. The zero-order valence-electron chi connectivity index (χ0n) is 15.7. The molecule has 4 nitrogen and oxygen atoms in total. The van der Waals surface area contributed by atoms with E-state index in [0.29, 0.717) is 6.54 Å². The van der Waals surface area contributed by atoms with E-state index in [4.69, 9.17) is 4.98 Å². The number of fused-ring (bicyclic) bond motifs is 2. The number of benzene rings is 1. The second-order valence-electron chi connectivity index (χ2n) is 7.01. The average molecular weight is 408 g/mol. The third-order valence-corrected chi connectivity index (χ3v) is 7.36. The summed E-state index contributed by atoms with van der Waals surface area (Å²) in [5, 5.41) is 4.25. The highest BCUT2D eigenvalue weighted by Gasteiger charge is 2.33. The number of rotatable bonds is 4. The van der Waals surface area contributed by atoms with E-state index in [0.717, 1.165) is 36.2 Å². The van der Waals surface area contributed by atoms with Crippen LogP contribution in [0.3, 0.4) is 0 Å². The molecule has 1 aliphatic rings. The third-order valence-electron chi connectivity index (χ3n) is 5.44. The van der Waals surface area contributed by atoms with E-state index >= 15 is 0 Å². The van der Waals surface area contributed by atoms with Crippen LogP contribution in [0, 0.1) is 0 Å². The van der Waals surface area contributed by atoms with Gasteiger partial charge in [-0.25, -0.2) is 4.98 Å². The van der Waals surface area contributed by atoms with E-state index in [1.54, 1.807) is 22.7 Å². The number of imidazole rings is 1. The smallest absolute Gasteiger partial charge is 0.243 e. The molecule has 142 valence electrons. The lowest BCUT2D eigenvalue weighted by molar-refractivity contribution is -0.133. The maximum Gasteiger partial charge on any atom is 0.243 e. The van der Waals surface area contributed by atoms with Crippen molar-refractivity contribution in [2.75, 3.05) is 6.54 Å². The minimum Gasteiger partial charge on any atom is -0.329 e. The third kappa shape index (κ3) is 2.88. The van der Waals surface area contributed by atoms with Crippen molar-refractivity contribution >= 4 is 39.6 Å². The van der Waals surface area contributed by atoms with E-state index in [1.807, 2.05) is 18.2 Å². The normalized spacial score (nSPS) is 16.5. The molecule has 0 N–H and O–H groups in total. The lowest BCUT2D eigenvalue weighted by atomic mass is 9.98. The van der Waals surface area contributed by atoms with Gasteiger partial charge in [-0.15, -0.1) is 22.7 Å². The van der Waals surface area contributed by atoms with Gasteiger partial charge in [0.05, 0.1) is 17.1 Å². The van der Waals surface area contributed by atoms with Gasteiger partial charge in [0, 0.05) is 22.7 Å². The molecule has 6 heteroatoms. The molecule has 0 radical (unpaired) electrons. The van der Waals surface area contributed by atoms with Gasteiger partial charge < -0.3 is 9.47 Å². The lowest BCUT2D eigenvalue weighted by Crippen LogP contribution is -2.41. The molecule has 1 aromatic carbocycles. The topological polar surface area (TPSA) is 38.1 Å². The molecule has 28 heavy (non-hydrogen) atoms. The quantitative estimate of drug-likeness (QED) is 0.483. The number of carbonyl (C=O) groups excluding carboxylic acids is 1. The van der Waals surface area contributed by atoms with Gasteiger partial charge in [-0.2, -0.15) is 0 Å². The molecule has 0 saturated carbocycles. The first-order valence-electron chi connectivity index (χ1n) is 9.59. The molecule has 0 aliphatic carbocycles. The molecule has 1 atom stereocenters. The Morgan fingerprint density at radius 3 is 2.86 bits per heavy atom. The van der Waals surface area contributed by atoms with E-state index in [9.17, 15) is 4.79 Å². The van der Waals surface area contributed by atoms with Gasteiger partial charge in [0.2, 0.25) is 5.91 Å². The molecular weight excluding hydrogens is 386 g/mol. The maximum absolute atomic E-state index is 13.5. The highest BCUT2D eigenvalue weighted by atomic mass is 32.1. The summed E-state index contributed by atoms with van der Waals surface area (Å²) in [5.74, 6) is 1.13. The van der Waals surface area contributed by atoms with Crippen LogP contribution in [0.1, 0.15) is 34.1 Å². The van der Waals surface area contributed by atoms with Crippen molar-refractivity contribution in [3.05, 3.63) is 74.4 Å². The van der Waals surface area contributed by atoms with Crippen molar-refractivity contribution in [2.45, 2.75) is 32.4 Å². The van der Waals surface area contributed by atoms with Gasteiger partial charge in [-0.05, 0) is 47.0 Å². The number of aryl methyl sites for hydroxylation is 1. The predicted octanol–water partition coefficient (Wildman–Crippen LogP) is 4.90. The van der Waals surface area contributed by atoms with Crippen LogP contribution in [-0.2, 0) is 24.2 Å². The van der Waals surface area contributed by atoms with Crippen LogP contribution < -0.4 is 0 Å². The fourth-order valence-electron chi connectivity index (χ4n) is 4.14. The number of thiophene rings is 2. The minimum absolute atomic E-state index is 0.0300. The minimum atomic E-state index is 0.0300. The Morgan fingerprint density at radius 1 is 1.14 bits per heavy atom. The summed E-state index contributed by atoms with van der Waals surface area (Å²) in [6.45, 7) is 3.20. The van der Waals surface area contributed by atoms with Crippen LogP contribution in [0.5, 0.6) is 0 Å². The molecule has 1 aliphatic heterocycles. The zero-order valence-corrected chi connectivity index (χ0v) is 17.3. The first-order valence-corrected chi connectivity index (χ1v) is 11.4. The van der Waals surface area contributed by atoms with E-state index < -0.39 is 0 Å². The van der Waals surface area contributed by atoms with Gasteiger partial charge in [0.1, 0.15) is 12.4 Å². The summed E-state index contributed by atoms with van der Waals surface area (Å²) in [6, 6.07) is 14.5. The number of amides is 1. The van der Waals surface area contributed by atoms with Crippen LogP contribution in [0.2, 0.25) is 0 Å². The molecular formula is C22H21N3OS2. The Kier molecular flexibility index (Phi) is 4.53. The molecule has 0 fully saturated rings. The maximum atomic E-state index is 13.5. The van der Waals surface area contributed by atoms with E-state index in [1.165, 1.54) is 15.3 Å². The Labute approximate surface area is 172 Å². The molecule has 4 heterocycles. The summed E-state index contributed by atoms with van der Waals surface area (Å²) >= 11 is 3.53. The Hall–Kier alpha value is -2.44. The van der Waals surface area contributed by atoms with Crippen molar-refractivity contribution < 1.29 is 4.79 Å². The van der Waals surface area contributed by atoms with Crippen molar-refractivity contribution in [2.24, 2.45) is 0 Å². The average Bonchev–Trinajstić information content (AvgIpc) is 3.47. The first kappa shape index (κ1) is 17.6. The standard InChI is InChI=1S/C22H21N3OS2/c1-2-20-23-16-6-3-4-7-17(16)25(20)14-21(26)24-11-9-18-15(10-13-28-18)22(24)19-8-5-12-27-19/h3-8,10,12-13,22H,2,9,11,14H2,1H3/t22-/m0/s1. The van der Waals surface area contributed by atoms with E-state index in [-0.39, 0.29) is 11.9 Å². The molecule has 5 rings (SSSR count). The SMILES string of the molecule is CCc1nc2ccccc2n1CC(=O)N1CCc2sccc2[C@H]1c1cccs1. The first-order chi connectivity index (χ1) is 13.8. The molecule has 0 saturated heterocycles. The number of nitrogens with zero attached hydrogens (tertiary/aromatic N) is 3. The number of aromatic nitrogens is 2. The fraction of sp³-hybridized carbons (Fsp3) is 0.273. The van der Waals surface area contributed by atoms with Crippen LogP contribution in [-0.4, -0.2) is 26.9 Å². The van der Waals surface area contributed by atoms with Gasteiger partial charge in [-0.3, -0.25) is 4.79 Å². The molecule has 3 aromatic heterocycles. The zero-order chi connectivity index (χ0) is 19.1. The van der Waals surface area contributed by atoms with Crippen LogP contribution in [0.4, 0.5) is 0 Å². The van der Waals surface area contributed by atoms with Crippen molar-refractivity contribution in [3.8, 4) is 0 Å². The number of para-hydroxylation sites is 2. The monoisotopic (exact) mass is 407 g/mol. The summed E-state index contributed by atoms with van der Waals surface area (Å²) in [5.41, 5.74) is 3.28. The van der Waals surface area contributed by atoms with Gasteiger partial charge in [0.15, 0.2) is 0 Å². The van der Waals surface area contributed by atoms with Crippen molar-refractivity contribution in [1.29, 1.82) is 0 Å². The predicted molar refractivity (Wildman–Crippen MR) is 115 cm³/mol. The van der Waals surface area contributed by atoms with Crippen LogP contribution in [0.15, 0.2) is 53.2 Å². The summed E-state index contributed by atoms with van der Waals surface area (Å²) < 4.78 is 2.09. The van der Waals surface area contributed by atoms with Crippen LogP contribution >= 0.6 is 22.7 Å². The largest absolute Gasteiger partial charge is 0.329 e. The van der Waals surface area contributed by atoms with Crippen molar-refractivity contribution in [3.63, 3.8) is 0 Å². The summed E-state index contributed by atoms with van der Waals surface area (Å²) in [4.78, 5) is 22.9. The highest BCUT2D eigenvalue weighted by Crippen LogP contribution is 2.39. The Balaban J connectivity index is 1.52. The number of hydrogen-bond acceptors (Lipinski definition) is 4. The van der Waals surface area contributed by atoms with Gasteiger partial charge in [0.25, 0.3) is 0 Å². The summed E-state index contributed by atoms with van der Waals surface area (Å²) in [6.07, 6.45) is 1.75. The number of hydrogen-bond donors (Lipinski definition) is 0. The van der Waals surface area contributed by atoms with Crippen LogP contribution in [0.25, 0.3) is 11.0 Å². The van der Waals surface area contributed by atoms with Gasteiger partial charge in [-0.1, -0.05) is 25.1 Å². The van der Waals surface area contributed by atoms with Crippen molar-refractivity contribution in [1.82, 2.24) is 14.5 Å². The second kappa shape index (κ2) is 7.18. The second-order valence-corrected chi connectivity index (χ2v) is 8.99. The molecule has 4 aromatic rings. The highest BCUT2D eigenvalue weighted by molar-refractivity contribution is 7.10. The Bertz CT molecular complexity index is 1130. The lowest BCUT2D eigenvalue weighted by Gasteiger charge is -2.35. The van der Waals surface area contributed by atoms with Gasteiger partial charge >= 0.3 is 0 Å². The number of carbonyl (C=O) groups is 1. The Morgan fingerprint density at radius 2 is 2.04 bits per heavy atom. The molecule has 0 bridgehead atoms. The molecule has 0 unspecified atom stereocenters. The molecule has 1 amide bonds.